The van der Waals surface area contributed by atoms with Crippen molar-refractivity contribution in [3.05, 3.63) is 161 Å². The zero-order valence-corrected chi connectivity index (χ0v) is 36.3. The molecule has 0 saturated heterocycles. The van der Waals surface area contributed by atoms with Crippen LogP contribution in [-0.2, 0) is 37.1 Å². The Bertz CT molecular complexity index is 3710. The molecule has 0 radical (unpaired) electrons. The smallest absolute Gasteiger partial charge is 0.310 e. The second-order valence-electron chi connectivity index (χ2n) is 17.3. The molecule has 0 N–H and O–H groups in total. The normalized spacial score (nSPS) is 14.4. The van der Waals surface area contributed by atoms with Gasteiger partial charge in [-0.3, -0.25) is 0 Å². The number of alkyl halides is 18. The molecule has 2 aliphatic rings. The minimum atomic E-state index is -5.93. The van der Waals surface area contributed by atoms with Crippen molar-refractivity contribution < 1.29 is 79.0 Å². The van der Waals surface area contributed by atoms with Gasteiger partial charge in [0.2, 0.25) is 13.4 Å². The fraction of sp³-hybridized carbons (Fsp3) is 0.120. The molecule has 2 aliphatic heterocycles. The van der Waals surface area contributed by atoms with E-state index in [1.165, 1.54) is 41.0 Å². The largest absolute Gasteiger partial charge is 0.416 e. The van der Waals surface area contributed by atoms with E-state index < -0.39 is 136 Å². The van der Waals surface area contributed by atoms with Crippen molar-refractivity contribution in [2.45, 2.75) is 46.8 Å². The molecule has 0 saturated carbocycles. The lowest BCUT2D eigenvalue weighted by molar-refractivity contribution is -0.149. The summed E-state index contributed by atoms with van der Waals surface area (Å²) in [7, 11) is 0. The lowest BCUT2D eigenvalue weighted by atomic mass is 9.32. The van der Waals surface area contributed by atoms with Gasteiger partial charge in [0.15, 0.2) is 0 Å². The second kappa shape index (κ2) is 15.4. The fourth-order valence-electron chi connectivity index (χ4n) is 10.6. The van der Waals surface area contributed by atoms with Crippen LogP contribution in [0.2, 0.25) is 0 Å². The SMILES string of the molecule is FC(F)(F)c1cc(C(F)(F)F)c(B2c3ccccc3Sc3cc4c(cc32)-n2c3ccc5ccccc5c3c3c5ccccc5cc(c32)B4c2c(C(F)(F)F)cc(C(F)(F)F)cc2C(F)(F)F)c(C(F)(F)F)c1. The molecule has 9 aromatic rings. The van der Waals surface area contributed by atoms with Crippen LogP contribution in [-0.4, -0.2) is 18.0 Å². The summed E-state index contributed by atoms with van der Waals surface area (Å²) in [5.74, 6) is 0. The maximum atomic E-state index is 15.5. The average molecular weight is 1030 g/mol. The highest BCUT2D eigenvalue weighted by atomic mass is 32.2. The molecular formula is C50H21B2F18NS. The summed E-state index contributed by atoms with van der Waals surface area (Å²) in [6.45, 7) is -4.59. The Hall–Kier alpha value is -6.70. The van der Waals surface area contributed by atoms with Gasteiger partial charge < -0.3 is 4.57 Å². The highest BCUT2D eigenvalue weighted by molar-refractivity contribution is 8.00. The van der Waals surface area contributed by atoms with E-state index in [0.717, 1.165) is 18.2 Å². The molecule has 0 atom stereocenters. The zero-order valence-electron chi connectivity index (χ0n) is 35.4. The Balaban J connectivity index is 1.37. The van der Waals surface area contributed by atoms with Crippen LogP contribution in [0.4, 0.5) is 79.0 Å². The number of aromatic nitrogens is 1. The van der Waals surface area contributed by atoms with Crippen molar-refractivity contribution in [1.82, 2.24) is 4.57 Å². The summed E-state index contributed by atoms with van der Waals surface area (Å²) >= 11 is 0.649. The molecule has 0 spiro atoms. The third-order valence-electron chi connectivity index (χ3n) is 13.3. The number of rotatable bonds is 2. The van der Waals surface area contributed by atoms with Crippen molar-refractivity contribution >= 4 is 101 Å². The first-order valence-corrected chi connectivity index (χ1v) is 22.0. The van der Waals surface area contributed by atoms with Crippen LogP contribution in [0.15, 0.2) is 137 Å². The van der Waals surface area contributed by atoms with E-state index in [9.17, 15) is 26.3 Å². The molecule has 0 aliphatic carbocycles. The molecule has 0 amide bonds. The van der Waals surface area contributed by atoms with Crippen molar-refractivity contribution in [2.24, 2.45) is 0 Å². The number of halogens is 18. The minimum absolute atomic E-state index is 0.0865. The van der Waals surface area contributed by atoms with Gasteiger partial charge in [0.05, 0.1) is 44.4 Å². The number of hydrogen-bond donors (Lipinski definition) is 0. The third-order valence-corrected chi connectivity index (χ3v) is 14.4. The Kier molecular flexibility index (Phi) is 10.2. The van der Waals surface area contributed by atoms with Crippen molar-refractivity contribution in [3.8, 4) is 5.69 Å². The monoisotopic (exact) mass is 1030 g/mol. The number of benzene rings is 8. The maximum absolute atomic E-state index is 15.5. The van der Waals surface area contributed by atoms with Gasteiger partial charge in [-0.05, 0) is 85.9 Å². The van der Waals surface area contributed by atoms with Crippen LogP contribution in [0.1, 0.15) is 33.4 Å². The lowest BCUT2D eigenvalue weighted by Crippen LogP contribution is -2.62. The van der Waals surface area contributed by atoms with E-state index >= 15 is 52.7 Å². The summed E-state index contributed by atoms with van der Waals surface area (Å²) in [4.78, 5) is -0.420. The zero-order chi connectivity index (χ0) is 51.6. The van der Waals surface area contributed by atoms with Gasteiger partial charge >= 0.3 is 37.1 Å². The quantitative estimate of drug-likeness (QED) is 0.123. The first kappa shape index (κ1) is 47.6. The molecule has 0 bridgehead atoms. The molecule has 1 nitrogen and oxygen atoms in total. The number of fused-ring (bicyclic) bond motifs is 11. The summed E-state index contributed by atoms with van der Waals surface area (Å²) < 4.78 is 272. The Labute approximate surface area is 397 Å². The Morgan fingerprint density at radius 1 is 0.361 bits per heavy atom. The first-order valence-electron chi connectivity index (χ1n) is 21.1. The van der Waals surface area contributed by atoms with Crippen LogP contribution in [0.3, 0.4) is 0 Å². The molecule has 11 rings (SSSR count). The van der Waals surface area contributed by atoms with Crippen LogP contribution >= 0.6 is 11.8 Å². The summed E-state index contributed by atoms with van der Waals surface area (Å²) in [6, 6.07) is 22.5. The van der Waals surface area contributed by atoms with Crippen LogP contribution in [0.5, 0.6) is 0 Å². The lowest BCUT2D eigenvalue weighted by Gasteiger charge is -2.35. The van der Waals surface area contributed by atoms with E-state index in [0.29, 0.717) is 33.3 Å². The van der Waals surface area contributed by atoms with E-state index in [4.69, 9.17) is 0 Å². The van der Waals surface area contributed by atoms with Crippen molar-refractivity contribution in [1.29, 1.82) is 0 Å². The van der Waals surface area contributed by atoms with E-state index in [2.05, 4.69) is 0 Å². The second-order valence-corrected chi connectivity index (χ2v) is 18.4. The highest BCUT2D eigenvalue weighted by Gasteiger charge is 2.52. The topological polar surface area (TPSA) is 4.93 Å². The van der Waals surface area contributed by atoms with E-state index in [-0.39, 0.29) is 42.5 Å². The molecule has 364 valence electrons. The molecule has 72 heavy (non-hydrogen) atoms. The van der Waals surface area contributed by atoms with Crippen molar-refractivity contribution in [2.75, 3.05) is 0 Å². The molecule has 0 unspecified atom stereocenters. The third kappa shape index (κ3) is 7.31. The summed E-state index contributed by atoms with van der Waals surface area (Å²) in [6.07, 6.45) is -35.1. The predicted molar refractivity (Wildman–Crippen MR) is 239 cm³/mol. The van der Waals surface area contributed by atoms with Crippen molar-refractivity contribution in [3.63, 3.8) is 0 Å². The molecule has 1 aromatic heterocycles. The Morgan fingerprint density at radius 3 is 1.33 bits per heavy atom. The van der Waals surface area contributed by atoms with E-state index in [1.807, 2.05) is 0 Å². The Morgan fingerprint density at radius 2 is 0.819 bits per heavy atom. The van der Waals surface area contributed by atoms with Crippen LogP contribution in [0.25, 0.3) is 49.0 Å². The molecule has 0 fully saturated rings. The standard InChI is InChI=1S/C50H21B2F18NS/c53-45(54,55)24-16-28(47(59,60)61)42(29(17-24)48(62,63)64)51-32-11-5-6-12-38(32)72-39-21-33-37(20-34(39)51)71-36-14-13-22-7-1-3-9-26(22)40(36)41-27-10-4-2-8-23(27)15-35(44(41)71)52(33)43-30(49(65,66)67)18-25(46(56,57)58)19-31(43)50(68,69)70/h1-21H. The van der Waals surface area contributed by atoms with Gasteiger partial charge in [-0.25, -0.2) is 0 Å². The summed E-state index contributed by atoms with van der Waals surface area (Å²) in [5.41, 5.74) is -19.1. The van der Waals surface area contributed by atoms with E-state index in [1.54, 1.807) is 48.5 Å². The first-order chi connectivity index (χ1) is 33.5. The maximum Gasteiger partial charge on any atom is 0.416 e. The predicted octanol–water partition coefficient (Wildman–Crippen LogP) is 13.0. The van der Waals surface area contributed by atoms with Gasteiger partial charge in [0.1, 0.15) is 0 Å². The average Bonchev–Trinajstić information content (AvgIpc) is 3.65. The molecule has 3 heterocycles. The van der Waals surface area contributed by atoms with Gasteiger partial charge in [-0.15, -0.1) is 0 Å². The molecule has 22 heteroatoms. The highest BCUT2D eigenvalue weighted by Crippen LogP contribution is 2.46. The van der Waals surface area contributed by atoms with Gasteiger partial charge in [0, 0.05) is 26.3 Å². The fourth-order valence-corrected chi connectivity index (χ4v) is 11.7. The minimum Gasteiger partial charge on any atom is -0.310 e. The van der Waals surface area contributed by atoms with Crippen LogP contribution < -0.4 is 32.8 Å². The number of hydrogen-bond acceptors (Lipinski definition) is 1. The summed E-state index contributed by atoms with van der Waals surface area (Å²) in [5, 5.41) is 2.27. The number of nitrogens with zero attached hydrogens (tertiary/aromatic N) is 1. The van der Waals surface area contributed by atoms with Gasteiger partial charge in [0.25, 0.3) is 0 Å². The van der Waals surface area contributed by atoms with Gasteiger partial charge in [-0.2, -0.15) is 79.0 Å². The molecule has 8 aromatic carbocycles. The van der Waals surface area contributed by atoms with Gasteiger partial charge in [-0.1, -0.05) is 108 Å². The van der Waals surface area contributed by atoms with Crippen LogP contribution in [0, 0.1) is 0 Å². The molecular weight excluding hydrogens is 1010 g/mol.